The second-order valence-electron chi connectivity index (χ2n) is 3.53. The van der Waals surface area contributed by atoms with Crippen LogP contribution in [0.1, 0.15) is 40.5 Å². The quantitative estimate of drug-likeness (QED) is 0.614. The Morgan fingerprint density at radius 1 is 1.18 bits per heavy atom. The first kappa shape index (κ1) is 9.01. The van der Waals surface area contributed by atoms with Gasteiger partial charge in [-0.15, -0.1) is 0 Å². The maximum Gasteiger partial charge on any atom is 0.166 e. The third-order valence-electron chi connectivity index (χ3n) is 2.24. The zero-order chi connectivity index (χ0) is 8.48. The van der Waals surface area contributed by atoms with Gasteiger partial charge in [-0.3, -0.25) is 0 Å². The lowest BCUT2D eigenvalue weighted by molar-refractivity contribution is -0.163. The zero-order valence-corrected chi connectivity index (χ0v) is 7.89. The van der Waals surface area contributed by atoms with Crippen LogP contribution in [0.25, 0.3) is 0 Å². The normalized spacial score (nSPS) is 44.7. The van der Waals surface area contributed by atoms with E-state index in [4.69, 9.17) is 9.47 Å². The van der Waals surface area contributed by atoms with E-state index in [0.717, 1.165) is 12.8 Å². The second kappa shape index (κ2) is 3.11. The van der Waals surface area contributed by atoms with Gasteiger partial charge in [0.15, 0.2) is 5.79 Å². The van der Waals surface area contributed by atoms with Gasteiger partial charge in [-0.1, -0.05) is 13.3 Å². The molecule has 0 radical (unpaired) electrons. The molecule has 2 nitrogen and oxygen atoms in total. The molecule has 66 valence electrons. The van der Waals surface area contributed by atoms with Crippen molar-refractivity contribution in [1.29, 1.82) is 0 Å². The van der Waals surface area contributed by atoms with Crippen molar-refractivity contribution in [3.8, 4) is 0 Å². The van der Waals surface area contributed by atoms with Gasteiger partial charge in [-0.05, 0) is 20.8 Å². The molecule has 0 amide bonds. The summed E-state index contributed by atoms with van der Waals surface area (Å²) in [5.41, 5.74) is 0. The monoisotopic (exact) mass is 158 g/mol. The van der Waals surface area contributed by atoms with Crippen LogP contribution in [0.4, 0.5) is 0 Å². The van der Waals surface area contributed by atoms with Gasteiger partial charge in [0, 0.05) is 6.42 Å². The fourth-order valence-corrected chi connectivity index (χ4v) is 1.58. The standard InChI is InChI=1S/C9H18O2/c1-5-6-9(4)10-7(2)8(3)11-9/h7-8H,5-6H2,1-4H3. The van der Waals surface area contributed by atoms with E-state index in [-0.39, 0.29) is 18.0 Å². The minimum absolute atomic E-state index is 0.242. The average molecular weight is 158 g/mol. The van der Waals surface area contributed by atoms with Crippen molar-refractivity contribution >= 4 is 0 Å². The molecule has 1 saturated heterocycles. The SMILES string of the molecule is CCCC1(C)OC(C)C(C)O1. The van der Waals surface area contributed by atoms with Crippen molar-refractivity contribution < 1.29 is 9.47 Å². The molecular formula is C9H18O2. The van der Waals surface area contributed by atoms with Gasteiger partial charge in [-0.25, -0.2) is 0 Å². The molecule has 2 unspecified atom stereocenters. The number of hydrogen-bond acceptors (Lipinski definition) is 2. The highest BCUT2D eigenvalue weighted by molar-refractivity contribution is 4.77. The summed E-state index contributed by atoms with van der Waals surface area (Å²) in [5.74, 6) is -0.312. The van der Waals surface area contributed by atoms with Crippen molar-refractivity contribution in [2.75, 3.05) is 0 Å². The highest BCUT2D eigenvalue weighted by atomic mass is 16.7. The number of ether oxygens (including phenoxy) is 2. The maximum atomic E-state index is 5.68. The van der Waals surface area contributed by atoms with Gasteiger partial charge in [-0.2, -0.15) is 0 Å². The highest BCUT2D eigenvalue weighted by Gasteiger charge is 2.38. The van der Waals surface area contributed by atoms with E-state index >= 15 is 0 Å². The molecule has 0 aromatic heterocycles. The Morgan fingerprint density at radius 2 is 1.64 bits per heavy atom. The molecule has 0 aliphatic carbocycles. The molecule has 1 heterocycles. The molecule has 1 fully saturated rings. The zero-order valence-electron chi connectivity index (χ0n) is 7.89. The Morgan fingerprint density at radius 3 is 2.00 bits per heavy atom. The molecule has 0 saturated carbocycles. The molecule has 0 aromatic carbocycles. The van der Waals surface area contributed by atoms with E-state index in [2.05, 4.69) is 20.8 Å². The fourth-order valence-electron chi connectivity index (χ4n) is 1.58. The fraction of sp³-hybridized carbons (Fsp3) is 1.00. The molecule has 1 aliphatic rings. The van der Waals surface area contributed by atoms with Crippen molar-refractivity contribution in [3.05, 3.63) is 0 Å². The summed E-state index contributed by atoms with van der Waals surface area (Å²) in [5, 5.41) is 0. The van der Waals surface area contributed by atoms with Crippen LogP contribution < -0.4 is 0 Å². The molecule has 0 bridgehead atoms. The Bertz CT molecular complexity index is 124. The van der Waals surface area contributed by atoms with Crippen LogP contribution in [0.2, 0.25) is 0 Å². The lowest BCUT2D eigenvalue weighted by atomic mass is 10.2. The summed E-state index contributed by atoms with van der Waals surface area (Å²) in [6.07, 6.45) is 2.58. The summed E-state index contributed by atoms with van der Waals surface area (Å²) >= 11 is 0. The van der Waals surface area contributed by atoms with Gasteiger partial charge < -0.3 is 9.47 Å². The van der Waals surface area contributed by atoms with Crippen molar-refractivity contribution in [1.82, 2.24) is 0 Å². The topological polar surface area (TPSA) is 18.5 Å². The second-order valence-corrected chi connectivity index (χ2v) is 3.53. The number of hydrogen-bond donors (Lipinski definition) is 0. The first-order valence-electron chi connectivity index (χ1n) is 4.43. The summed E-state index contributed by atoms with van der Waals surface area (Å²) in [6, 6.07) is 0. The van der Waals surface area contributed by atoms with E-state index in [1.165, 1.54) is 0 Å². The summed E-state index contributed by atoms with van der Waals surface area (Å²) in [6.45, 7) is 8.29. The van der Waals surface area contributed by atoms with Crippen LogP contribution >= 0.6 is 0 Å². The van der Waals surface area contributed by atoms with Gasteiger partial charge in [0.05, 0.1) is 12.2 Å². The van der Waals surface area contributed by atoms with Crippen molar-refractivity contribution in [2.45, 2.75) is 58.5 Å². The Kier molecular flexibility index (Phi) is 2.55. The Balaban J connectivity index is 2.49. The lowest BCUT2D eigenvalue weighted by Gasteiger charge is -2.22. The van der Waals surface area contributed by atoms with Crippen molar-refractivity contribution in [2.24, 2.45) is 0 Å². The number of rotatable bonds is 2. The first-order chi connectivity index (χ1) is 5.07. The summed E-state index contributed by atoms with van der Waals surface area (Å²) in [7, 11) is 0. The Hall–Kier alpha value is -0.0800. The van der Waals surface area contributed by atoms with Gasteiger partial charge >= 0.3 is 0 Å². The van der Waals surface area contributed by atoms with E-state index in [0.29, 0.717) is 0 Å². The molecule has 1 aliphatic heterocycles. The highest BCUT2D eigenvalue weighted by Crippen LogP contribution is 2.31. The van der Waals surface area contributed by atoms with E-state index < -0.39 is 0 Å². The summed E-state index contributed by atoms with van der Waals surface area (Å²) in [4.78, 5) is 0. The van der Waals surface area contributed by atoms with Gasteiger partial charge in [0.1, 0.15) is 0 Å². The van der Waals surface area contributed by atoms with E-state index in [1.54, 1.807) is 0 Å². The largest absolute Gasteiger partial charge is 0.345 e. The van der Waals surface area contributed by atoms with Gasteiger partial charge in [0.2, 0.25) is 0 Å². The van der Waals surface area contributed by atoms with Crippen LogP contribution in [0, 0.1) is 0 Å². The van der Waals surface area contributed by atoms with Crippen LogP contribution in [-0.4, -0.2) is 18.0 Å². The smallest absolute Gasteiger partial charge is 0.166 e. The maximum absolute atomic E-state index is 5.68. The van der Waals surface area contributed by atoms with Crippen LogP contribution in [0.3, 0.4) is 0 Å². The molecule has 0 N–H and O–H groups in total. The minimum Gasteiger partial charge on any atom is -0.345 e. The molecule has 2 heteroatoms. The lowest BCUT2D eigenvalue weighted by Crippen LogP contribution is -2.25. The van der Waals surface area contributed by atoms with E-state index in [1.807, 2.05) is 6.92 Å². The molecule has 2 atom stereocenters. The first-order valence-corrected chi connectivity index (χ1v) is 4.43. The minimum atomic E-state index is -0.312. The van der Waals surface area contributed by atoms with Gasteiger partial charge in [0.25, 0.3) is 0 Å². The Labute approximate surface area is 68.9 Å². The molecule has 0 spiro atoms. The third-order valence-corrected chi connectivity index (χ3v) is 2.24. The van der Waals surface area contributed by atoms with Crippen LogP contribution in [0.5, 0.6) is 0 Å². The predicted molar refractivity (Wildman–Crippen MR) is 44.4 cm³/mol. The molecule has 1 rings (SSSR count). The summed E-state index contributed by atoms with van der Waals surface area (Å²) < 4.78 is 11.4. The predicted octanol–water partition coefficient (Wildman–Crippen LogP) is 2.33. The molecule has 0 aromatic rings. The van der Waals surface area contributed by atoms with Crippen LogP contribution in [0.15, 0.2) is 0 Å². The third kappa shape index (κ3) is 1.94. The van der Waals surface area contributed by atoms with Crippen molar-refractivity contribution in [3.63, 3.8) is 0 Å². The average Bonchev–Trinajstić information content (AvgIpc) is 2.08. The molecular weight excluding hydrogens is 140 g/mol. The van der Waals surface area contributed by atoms with Crippen LogP contribution in [-0.2, 0) is 9.47 Å². The van der Waals surface area contributed by atoms with E-state index in [9.17, 15) is 0 Å². The molecule has 11 heavy (non-hydrogen) atoms.